The molecule has 10 nitrogen and oxygen atoms in total. The molecule has 12 heteroatoms. The Morgan fingerprint density at radius 1 is 1.54 bits per heavy atom. The molecule has 2 atom stereocenters. The monoisotopic (exact) mass is 385 g/mol. The minimum absolute atomic E-state index is 0.0612. The summed E-state index contributed by atoms with van der Waals surface area (Å²) in [7, 11) is 0. The Labute approximate surface area is 150 Å². The molecule has 2 aromatic rings. The van der Waals surface area contributed by atoms with Crippen molar-refractivity contribution in [2.75, 3.05) is 18.1 Å². The lowest BCUT2D eigenvalue weighted by atomic mass is 9.97. The summed E-state index contributed by atoms with van der Waals surface area (Å²) >= 11 is 5.74. The Morgan fingerprint density at radius 3 is 2.92 bits per heavy atom. The van der Waals surface area contributed by atoms with Gasteiger partial charge in [0, 0.05) is 6.07 Å². The minimum Gasteiger partial charge on any atom is -0.479 e. The molecule has 3 heterocycles. The number of halogens is 2. The molecular formula is C14H13ClFN5O5. The highest BCUT2D eigenvalue weighted by Gasteiger charge is 2.49. The summed E-state index contributed by atoms with van der Waals surface area (Å²) in [5.74, 6) is -3.72. The van der Waals surface area contributed by atoms with Gasteiger partial charge in [0.2, 0.25) is 0 Å². The van der Waals surface area contributed by atoms with Crippen molar-refractivity contribution in [3.8, 4) is 5.69 Å². The van der Waals surface area contributed by atoms with E-state index < -0.39 is 29.4 Å². The number of hydrogen-bond acceptors (Lipinski definition) is 7. The molecule has 1 amide bonds. The fraction of sp³-hybridized carbons (Fsp3) is 0.357. The smallest absolute Gasteiger partial charge is 0.338 e. The van der Waals surface area contributed by atoms with Crippen molar-refractivity contribution in [1.29, 1.82) is 0 Å². The Morgan fingerprint density at radius 2 is 2.27 bits per heavy atom. The van der Waals surface area contributed by atoms with E-state index in [-0.39, 0.29) is 24.1 Å². The molecule has 2 unspecified atom stereocenters. The van der Waals surface area contributed by atoms with Crippen molar-refractivity contribution in [3.63, 3.8) is 0 Å². The molecule has 2 N–H and O–H groups in total. The number of aliphatic hydroxyl groups is 1. The standard InChI is InChI=1S/C14H13ClFN5O5/c1-14(25,13(23)24)10-12(22)20(2-3-26-10)11-8(16)6-21(19-11)7-4-9(15)18-17-5-7/h4-6,10,25H,2-3H2,1H3,(H,23,24). The Balaban J connectivity index is 1.94. The van der Waals surface area contributed by atoms with Crippen LogP contribution < -0.4 is 4.90 Å². The SMILES string of the molecule is CC(O)(C(=O)O)C1OCCN(c2nn(-c3cnnc(Cl)c3)cc2F)C1=O. The van der Waals surface area contributed by atoms with E-state index in [1.807, 2.05) is 0 Å². The van der Waals surface area contributed by atoms with Crippen LogP contribution in [0.4, 0.5) is 10.2 Å². The van der Waals surface area contributed by atoms with Gasteiger partial charge in [-0.2, -0.15) is 5.10 Å². The third-order valence-electron chi connectivity index (χ3n) is 3.82. The first-order valence-corrected chi connectivity index (χ1v) is 7.72. The van der Waals surface area contributed by atoms with E-state index in [0.717, 1.165) is 22.7 Å². The first-order chi connectivity index (χ1) is 12.2. The summed E-state index contributed by atoms with van der Waals surface area (Å²) in [6.45, 7) is 0.768. The molecule has 0 bridgehead atoms. The van der Waals surface area contributed by atoms with Crippen LogP contribution >= 0.6 is 11.6 Å². The van der Waals surface area contributed by atoms with E-state index in [1.54, 1.807) is 0 Å². The second-order valence-corrected chi connectivity index (χ2v) is 6.06. The number of morpholine rings is 1. The van der Waals surface area contributed by atoms with E-state index in [9.17, 15) is 19.1 Å². The van der Waals surface area contributed by atoms with Crippen molar-refractivity contribution < 1.29 is 28.9 Å². The van der Waals surface area contributed by atoms with Gasteiger partial charge in [0.15, 0.2) is 28.5 Å². The van der Waals surface area contributed by atoms with Crippen molar-refractivity contribution in [3.05, 3.63) is 29.4 Å². The van der Waals surface area contributed by atoms with Gasteiger partial charge in [0.05, 0.1) is 31.2 Å². The maximum Gasteiger partial charge on any atom is 0.338 e. The van der Waals surface area contributed by atoms with Crippen molar-refractivity contribution >= 4 is 29.3 Å². The summed E-state index contributed by atoms with van der Waals surface area (Å²) in [4.78, 5) is 24.6. The van der Waals surface area contributed by atoms with Gasteiger partial charge in [-0.05, 0) is 6.92 Å². The van der Waals surface area contributed by atoms with Crippen LogP contribution in [0.25, 0.3) is 5.69 Å². The number of hydrogen-bond donors (Lipinski definition) is 2. The van der Waals surface area contributed by atoms with Crippen LogP contribution in [0.15, 0.2) is 18.5 Å². The summed E-state index contributed by atoms with van der Waals surface area (Å²) in [6.07, 6.45) is 0.604. The first-order valence-electron chi connectivity index (χ1n) is 7.34. The minimum atomic E-state index is -2.47. The van der Waals surface area contributed by atoms with Crippen LogP contribution in [0.3, 0.4) is 0 Å². The third-order valence-corrected chi connectivity index (χ3v) is 4.00. The number of rotatable bonds is 4. The molecule has 1 fully saturated rings. The lowest BCUT2D eigenvalue weighted by Crippen LogP contribution is -2.60. The number of carboxylic acids is 1. The zero-order chi connectivity index (χ0) is 19.1. The number of carbonyl (C=O) groups excluding carboxylic acids is 1. The lowest BCUT2D eigenvalue weighted by molar-refractivity contribution is -0.180. The molecule has 1 saturated heterocycles. The van der Waals surface area contributed by atoms with Crippen LogP contribution in [0.1, 0.15) is 6.92 Å². The molecule has 2 aromatic heterocycles. The van der Waals surface area contributed by atoms with Crippen LogP contribution in [-0.4, -0.2) is 66.9 Å². The molecule has 1 aliphatic rings. The molecule has 138 valence electrons. The second-order valence-electron chi connectivity index (χ2n) is 5.68. The average Bonchev–Trinajstić information content (AvgIpc) is 2.96. The van der Waals surface area contributed by atoms with E-state index in [4.69, 9.17) is 21.4 Å². The normalized spacial score (nSPS) is 20.1. The molecule has 3 rings (SSSR count). The van der Waals surface area contributed by atoms with E-state index >= 15 is 0 Å². The van der Waals surface area contributed by atoms with Crippen LogP contribution in [-0.2, 0) is 14.3 Å². The van der Waals surface area contributed by atoms with Crippen LogP contribution in [0.5, 0.6) is 0 Å². The van der Waals surface area contributed by atoms with Crippen molar-refractivity contribution in [2.45, 2.75) is 18.6 Å². The van der Waals surface area contributed by atoms with Gasteiger partial charge in [0.1, 0.15) is 0 Å². The fourth-order valence-electron chi connectivity index (χ4n) is 2.43. The Hall–Kier alpha value is -2.63. The molecule has 0 spiro atoms. The number of aliphatic carboxylic acids is 1. The predicted octanol–water partition coefficient (Wildman–Crippen LogP) is 0.0222. The van der Waals surface area contributed by atoms with Gasteiger partial charge in [-0.3, -0.25) is 9.69 Å². The zero-order valence-corrected chi connectivity index (χ0v) is 14.1. The Bertz CT molecular complexity index is 873. The molecule has 0 radical (unpaired) electrons. The fourth-order valence-corrected chi connectivity index (χ4v) is 2.58. The first kappa shape index (κ1) is 18.2. The maximum absolute atomic E-state index is 14.4. The van der Waals surface area contributed by atoms with Gasteiger partial charge in [-0.15, -0.1) is 10.2 Å². The molecule has 0 saturated carbocycles. The van der Waals surface area contributed by atoms with Crippen LogP contribution in [0, 0.1) is 5.82 Å². The number of amides is 1. The number of carbonyl (C=O) groups is 2. The quantitative estimate of drug-likeness (QED) is 0.753. The number of nitrogens with zero attached hydrogens (tertiary/aromatic N) is 5. The Kier molecular flexibility index (Phi) is 4.61. The number of aromatic nitrogens is 4. The summed E-state index contributed by atoms with van der Waals surface area (Å²) in [5, 5.41) is 30.3. The van der Waals surface area contributed by atoms with Gasteiger partial charge in [-0.1, -0.05) is 11.6 Å². The molecule has 0 aliphatic carbocycles. The van der Waals surface area contributed by atoms with E-state index in [1.165, 1.54) is 12.3 Å². The van der Waals surface area contributed by atoms with Gasteiger partial charge >= 0.3 is 5.97 Å². The molecular weight excluding hydrogens is 373 g/mol. The number of ether oxygens (including phenoxy) is 1. The van der Waals surface area contributed by atoms with Crippen LogP contribution in [0.2, 0.25) is 5.15 Å². The topological polar surface area (TPSA) is 131 Å². The molecule has 1 aliphatic heterocycles. The molecule has 26 heavy (non-hydrogen) atoms. The highest BCUT2D eigenvalue weighted by Crippen LogP contribution is 2.26. The van der Waals surface area contributed by atoms with Gasteiger partial charge in [0.25, 0.3) is 5.91 Å². The highest BCUT2D eigenvalue weighted by atomic mass is 35.5. The van der Waals surface area contributed by atoms with Crippen molar-refractivity contribution in [2.24, 2.45) is 0 Å². The predicted molar refractivity (Wildman–Crippen MR) is 84.5 cm³/mol. The van der Waals surface area contributed by atoms with E-state index in [2.05, 4.69) is 15.3 Å². The van der Waals surface area contributed by atoms with Gasteiger partial charge in [-0.25, -0.2) is 13.9 Å². The average molecular weight is 386 g/mol. The lowest BCUT2D eigenvalue weighted by Gasteiger charge is -2.36. The summed E-state index contributed by atoms with van der Waals surface area (Å²) in [6, 6.07) is 1.39. The van der Waals surface area contributed by atoms with Gasteiger partial charge < -0.3 is 14.9 Å². The highest BCUT2D eigenvalue weighted by molar-refractivity contribution is 6.29. The largest absolute Gasteiger partial charge is 0.479 e. The number of carboxylic acid groups (broad SMARTS) is 1. The number of anilines is 1. The third kappa shape index (κ3) is 3.11. The second kappa shape index (κ2) is 6.59. The summed E-state index contributed by atoms with van der Waals surface area (Å²) < 4.78 is 20.6. The zero-order valence-electron chi connectivity index (χ0n) is 13.3. The molecule has 0 aromatic carbocycles. The summed E-state index contributed by atoms with van der Waals surface area (Å²) in [5.41, 5.74) is -2.16. The maximum atomic E-state index is 14.4. The van der Waals surface area contributed by atoms with E-state index in [0.29, 0.717) is 5.69 Å². The van der Waals surface area contributed by atoms with Crippen molar-refractivity contribution in [1.82, 2.24) is 20.0 Å².